The maximum atomic E-state index is 12.7. The van der Waals surface area contributed by atoms with Crippen LogP contribution in [0.15, 0.2) is 16.7 Å². The van der Waals surface area contributed by atoms with Crippen molar-refractivity contribution in [3.63, 3.8) is 0 Å². The van der Waals surface area contributed by atoms with E-state index in [1.54, 1.807) is 6.07 Å². The number of carbonyl (C=O) groups excluding carboxylic acids is 1. The van der Waals surface area contributed by atoms with Gasteiger partial charge in [-0.05, 0) is 47.8 Å². The van der Waals surface area contributed by atoms with Gasteiger partial charge in [-0.3, -0.25) is 4.79 Å². The fourth-order valence-electron chi connectivity index (χ4n) is 2.62. The number of aromatic nitrogens is 1. The molecule has 3 rings (SSSR count). The van der Waals surface area contributed by atoms with Crippen molar-refractivity contribution in [3.05, 3.63) is 16.7 Å². The maximum absolute atomic E-state index is 12.7. The average Bonchev–Trinajstić information content (AvgIpc) is 3.19. The molecule has 102 valence electrons. The summed E-state index contributed by atoms with van der Waals surface area (Å²) >= 11 is 3.37. The molecule has 0 N–H and O–H groups in total. The molecule has 0 radical (unpaired) electrons. The predicted octanol–water partition coefficient (Wildman–Crippen LogP) is 2.52. The van der Waals surface area contributed by atoms with E-state index in [2.05, 4.69) is 25.8 Å². The quantitative estimate of drug-likeness (QED) is 0.800. The molecule has 0 saturated heterocycles. The molecular formula is C13H15BrFN3O. The van der Waals surface area contributed by atoms with Gasteiger partial charge in [0.15, 0.2) is 5.82 Å². The Hall–Kier alpha value is -1.17. The summed E-state index contributed by atoms with van der Waals surface area (Å²) < 4.78 is 13.4. The second-order valence-electron chi connectivity index (χ2n) is 4.97. The molecule has 4 nitrogen and oxygen atoms in total. The van der Waals surface area contributed by atoms with Crippen LogP contribution < -0.4 is 9.80 Å². The second-order valence-corrected chi connectivity index (χ2v) is 5.78. The van der Waals surface area contributed by atoms with Crippen molar-refractivity contribution in [3.8, 4) is 0 Å². The molecule has 1 atom stereocenters. The molecular weight excluding hydrogens is 313 g/mol. The Balaban J connectivity index is 2.09. The van der Waals surface area contributed by atoms with Crippen molar-refractivity contribution in [2.45, 2.75) is 31.8 Å². The van der Waals surface area contributed by atoms with Crippen LogP contribution in [0.5, 0.6) is 0 Å². The van der Waals surface area contributed by atoms with E-state index >= 15 is 0 Å². The van der Waals surface area contributed by atoms with Gasteiger partial charge < -0.3 is 9.80 Å². The number of rotatable bonds is 3. The van der Waals surface area contributed by atoms with Gasteiger partial charge in [0.05, 0.1) is 12.2 Å². The number of alkyl halides is 1. The normalized spacial score (nSPS) is 22.7. The van der Waals surface area contributed by atoms with Crippen LogP contribution in [0.2, 0.25) is 0 Å². The summed E-state index contributed by atoms with van der Waals surface area (Å²) in [5.74, 6) is 0.749. The number of hydrogen-bond donors (Lipinski definition) is 0. The number of halogens is 2. The summed E-state index contributed by atoms with van der Waals surface area (Å²) in [7, 11) is 0. The molecule has 19 heavy (non-hydrogen) atoms. The van der Waals surface area contributed by atoms with Crippen molar-refractivity contribution in [2.75, 3.05) is 23.0 Å². The first kappa shape index (κ1) is 12.8. The lowest BCUT2D eigenvalue weighted by Crippen LogP contribution is -2.53. The van der Waals surface area contributed by atoms with Gasteiger partial charge in [-0.1, -0.05) is 0 Å². The van der Waals surface area contributed by atoms with E-state index < -0.39 is 6.67 Å². The molecule has 2 aliphatic rings. The third-order valence-electron chi connectivity index (χ3n) is 3.64. The van der Waals surface area contributed by atoms with Gasteiger partial charge in [0.2, 0.25) is 5.91 Å². The molecule has 1 unspecified atom stereocenters. The van der Waals surface area contributed by atoms with Crippen LogP contribution in [-0.4, -0.2) is 36.2 Å². The van der Waals surface area contributed by atoms with E-state index in [1.165, 1.54) is 4.90 Å². The van der Waals surface area contributed by atoms with E-state index in [0.29, 0.717) is 6.04 Å². The third-order valence-corrected chi connectivity index (χ3v) is 4.09. The highest BCUT2D eigenvalue weighted by molar-refractivity contribution is 9.10. The topological polar surface area (TPSA) is 36.4 Å². The van der Waals surface area contributed by atoms with Crippen LogP contribution in [0.25, 0.3) is 0 Å². The zero-order chi connectivity index (χ0) is 13.6. The zero-order valence-corrected chi connectivity index (χ0v) is 12.2. The fourth-order valence-corrected chi connectivity index (χ4v) is 2.92. The van der Waals surface area contributed by atoms with Crippen LogP contribution in [0.1, 0.15) is 19.8 Å². The van der Waals surface area contributed by atoms with E-state index in [-0.39, 0.29) is 18.5 Å². The molecule has 1 aliphatic carbocycles. The standard InChI is InChI=1S/C13H15BrFN3O/c1-8-13(19)17(7-6-15)10-4-5-11(14)16-12(10)18(8)9-2-3-9/h4-5,8-9H,2-3,6-7H2,1H3. The van der Waals surface area contributed by atoms with E-state index in [0.717, 1.165) is 29.0 Å². The first-order valence-corrected chi connectivity index (χ1v) is 7.25. The Labute approximate surface area is 119 Å². The first-order valence-electron chi connectivity index (χ1n) is 6.45. The minimum atomic E-state index is -0.544. The van der Waals surface area contributed by atoms with Crippen molar-refractivity contribution < 1.29 is 9.18 Å². The van der Waals surface area contributed by atoms with Gasteiger partial charge >= 0.3 is 0 Å². The maximum Gasteiger partial charge on any atom is 0.249 e. The summed E-state index contributed by atoms with van der Waals surface area (Å²) in [6.45, 7) is 1.42. The van der Waals surface area contributed by atoms with Crippen LogP contribution in [0.3, 0.4) is 0 Å². The number of hydrogen-bond acceptors (Lipinski definition) is 3. The summed E-state index contributed by atoms with van der Waals surface area (Å²) in [4.78, 5) is 20.5. The van der Waals surface area contributed by atoms with E-state index in [1.807, 2.05) is 13.0 Å². The SMILES string of the molecule is CC1C(=O)N(CCF)c2ccc(Br)nc2N1C1CC1. The van der Waals surface area contributed by atoms with Gasteiger partial charge in [0, 0.05) is 6.04 Å². The molecule has 0 spiro atoms. The molecule has 2 heterocycles. The monoisotopic (exact) mass is 327 g/mol. The Morgan fingerprint density at radius 3 is 2.84 bits per heavy atom. The average molecular weight is 328 g/mol. The summed E-state index contributed by atoms with van der Waals surface area (Å²) in [6, 6.07) is 3.75. The molecule has 1 aromatic heterocycles. The van der Waals surface area contributed by atoms with Crippen molar-refractivity contribution in [1.29, 1.82) is 0 Å². The van der Waals surface area contributed by atoms with E-state index in [9.17, 15) is 9.18 Å². The first-order chi connectivity index (χ1) is 9.13. The smallest absolute Gasteiger partial charge is 0.249 e. The summed E-state index contributed by atoms with van der Waals surface area (Å²) in [6.07, 6.45) is 2.18. The molecule has 1 fully saturated rings. The number of nitrogens with zero attached hydrogens (tertiary/aromatic N) is 3. The highest BCUT2D eigenvalue weighted by atomic mass is 79.9. The highest BCUT2D eigenvalue weighted by Gasteiger charge is 2.43. The molecule has 0 bridgehead atoms. The van der Waals surface area contributed by atoms with Crippen LogP contribution in [0, 0.1) is 0 Å². The lowest BCUT2D eigenvalue weighted by molar-refractivity contribution is -0.120. The Kier molecular flexibility index (Phi) is 3.20. The van der Waals surface area contributed by atoms with Crippen molar-refractivity contribution in [1.82, 2.24) is 4.98 Å². The van der Waals surface area contributed by atoms with Gasteiger partial charge in [-0.2, -0.15) is 0 Å². The van der Waals surface area contributed by atoms with Crippen molar-refractivity contribution in [2.24, 2.45) is 0 Å². The molecule has 1 amide bonds. The summed E-state index contributed by atoms with van der Waals surface area (Å²) in [5, 5.41) is 0. The molecule has 1 aromatic rings. The highest BCUT2D eigenvalue weighted by Crippen LogP contribution is 2.41. The molecule has 0 aromatic carbocycles. The van der Waals surface area contributed by atoms with Crippen LogP contribution >= 0.6 is 15.9 Å². The van der Waals surface area contributed by atoms with Gasteiger partial charge in [0.25, 0.3) is 0 Å². The van der Waals surface area contributed by atoms with Crippen LogP contribution in [0.4, 0.5) is 15.9 Å². The molecule has 1 saturated carbocycles. The number of anilines is 2. The molecule has 1 aliphatic heterocycles. The van der Waals surface area contributed by atoms with Gasteiger partial charge in [-0.25, -0.2) is 9.37 Å². The third kappa shape index (κ3) is 2.12. The Morgan fingerprint density at radius 1 is 1.47 bits per heavy atom. The van der Waals surface area contributed by atoms with E-state index in [4.69, 9.17) is 0 Å². The minimum Gasteiger partial charge on any atom is -0.340 e. The fraction of sp³-hybridized carbons (Fsp3) is 0.538. The lowest BCUT2D eigenvalue weighted by atomic mass is 10.1. The number of fused-ring (bicyclic) bond motifs is 1. The molecule has 6 heteroatoms. The zero-order valence-electron chi connectivity index (χ0n) is 10.6. The summed E-state index contributed by atoms with van der Waals surface area (Å²) in [5.41, 5.74) is 0.718. The van der Waals surface area contributed by atoms with Gasteiger partial charge in [0.1, 0.15) is 17.3 Å². The number of carbonyl (C=O) groups is 1. The van der Waals surface area contributed by atoms with Crippen molar-refractivity contribution >= 4 is 33.3 Å². The number of amides is 1. The minimum absolute atomic E-state index is 0.0406. The van der Waals surface area contributed by atoms with Gasteiger partial charge in [-0.15, -0.1) is 0 Å². The number of pyridine rings is 1. The Bertz CT molecular complexity index is 521. The largest absolute Gasteiger partial charge is 0.340 e. The lowest BCUT2D eigenvalue weighted by Gasteiger charge is -2.40. The van der Waals surface area contributed by atoms with Crippen LogP contribution in [-0.2, 0) is 4.79 Å². The second kappa shape index (κ2) is 4.74. The predicted molar refractivity (Wildman–Crippen MR) is 75.2 cm³/mol. The Morgan fingerprint density at radius 2 is 2.21 bits per heavy atom.